The molecule has 4 aliphatic rings. The first-order chi connectivity index (χ1) is 31.2. The average Bonchev–Trinajstić information content (AvgIpc) is 3.96. The highest BCUT2D eigenvalue weighted by atomic mass is 16.5. The summed E-state index contributed by atoms with van der Waals surface area (Å²) in [6.07, 6.45) is 14.6. The molecule has 0 saturated carbocycles. The maximum atomic E-state index is 13.1. The van der Waals surface area contributed by atoms with Crippen molar-refractivity contribution in [1.29, 1.82) is 0 Å². The number of amides is 3. The van der Waals surface area contributed by atoms with Gasteiger partial charge in [0, 0.05) is 94.4 Å². The van der Waals surface area contributed by atoms with E-state index in [0.29, 0.717) is 50.9 Å². The van der Waals surface area contributed by atoms with E-state index in [1.807, 2.05) is 19.1 Å². The van der Waals surface area contributed by atoms with Gasteiger partial charge in [0.2, 0.25) is 23.7 Å². The first-order valence-corrected chi connectivity index (χ1v) is 24.8. The van der Waals surface area contributed by atoms with Gasteiger partial charge in [0.1, 0.15) is 5.82 Å². The molecule has 13 heteroatoms. The third-order valence-electron chi connectivity index (χ3n) is 14.4. The van der Waals surface area contributed by atoms with Gasteiger partial charge in [-0.2, -0.15) is 4.98 Å². The van der Waals surface area contributed by atoms with Crippen LogP contribution < -0.4 is 26.2 Å². The molecule has 2 aromatic carbocycles. The molecule has 354 valence electrons. The van der Waals surface area contributed by atoms with E-state index in [0.717, 1.165) is 113 Å². The molecule has 5 heterocycles. The van der Waals surface area contributed by atoms with Crippen molar-refractivity contribution in [2.75, 3.05) is 60.2 Å². The summed E-state index contributed by atoms with van der Waals surface area (Å²) in [5.74, 6) is 0.884. The van der Waals surface area contributed by atoms with Crippen molar-refractivity contribution in [1.82, 2.24) is 25.1 Å². The molecule has 4 N–H and O–H groups in total. The van der Waals surface area contributed by atoms with Gasteiger partial charge in [-0.05, 0) is 132 Å². The molecule has 3 aromatic rings. The lowest BCUT2D eigenvalue weighted by Gasteiger charge is -2.39. The van der Waals surface area contributed by atoms with Gasteiger partial charge in [0.05, 0.1) is 11.6 Å². The molecule has 1 atom stereocenters. The summed E-state index contributed by atoms with van der Waals surface area (Å²) >= 11 is 0. The van der Waals surface area contributed by atoms with Crippen molar-refractivity contribution in [2.45, 2.75) is 168 Å². The number of hydrogen-bond donors (Lipinski definition) is 3. The Labute approximate surface area is 388 Å². The van der Waals surface area contributed by atoms with Crippen LogP contribution in [0, 0.1) is 12.3 Å². The van der Waals surface area contributed by atoms with Crippen LogP contribution >= 0.6 is 0 Å². The number of carbonyl (C=O) groups excluding carboxylic acids is 3. The number of piperidine rings is 2. The fourth-order valence-corrected chi connectivity index (χ4v) is 10.4. The number of nitrogens with two attached hydrogens (primary N) is 1. The van der Waals surface area contributed by atoms with E-state index >= 15 is 0 Å². The Balaban J connectivity index is 0.799. The van der Waals surface area contributed by atoms with Crippen molar-refractivity contribution in [3.8, 4) is 0 Å². The van der Waals surface area contributed by atoms with Crippen molar-refractivity contribution >= 4 is 40.9 Å². The minimum Gasteiger partial charge on any atom is -0.376 e. The monoisotopic (exact) mass is 892 g/mol. The summed E-state index contributed by atoms with van der Waals surface area (Å²) < 4.78 is 6.51. The van der Waals surface area contributed by atoms with E-state index in [1.54, 1.807) is 0 Å². The Morgan fingerprint density at radius 2 is 1.65 bits per heavy atom. The van der Waals surface area contributed by atoms with E-state index in [2.05, 4.69) is 104 Å². The van der Waals surface area contributed by atoms with Crippen LogP contribution in [0.2, 0.25) is 0 Å². The van der Waals surface area contributed by atoms with E-state index in [9.17, 15) is 14.4 Å². The van der Waals surface area contributed by atoms with Crippen molar-refractivity contribution in [3.05, 3.63) is 70.9 Å². The second-order valence-corrected chi connectivity index (χ2v) is 20.7. The molecular formula is C52H77N9O4. The van der Waals surface area contributed by atoms with Crippen LogP contribution in [0.1, 0.15) is 146 Å². The third-order valence-corrected chi connectivity index (χ3v) is 14.4. The summed E-state index contributed by atoms with van der Waals surface area (Å²) in [5.41, 5.74) is 12.6. The molecule has 13 nitrogen and oxygen atoms in total. The second kappa shape index (κ2) is 22.3. The summed E-state index contributed by atoms with van der Waals surface area (Å²) in [7, 11) is 0. The highest BCUT2D eigenvalue weighted by Gasteiger charge is 2.36. The van der Waals surface area contributed by atoms with Gasteiger partial charge in [0.15, 0.2) is 0 Å². The Morgan fingerprint density at radius 1 is 0.877 bits per heavy atom. The highest BCUT2D eigenvalue weighted by Crippen LogP contribution is 2.34. The lowest BCUT2D eigenvalue weighted by molar-refractivity contribution is -0.137. The van der Waals surface area contributed by atoms with Gasteiger partial charge < -0.3 is 25.6 Å². The molecule has 3 fully saturated rings. The molecule has 4 aliphatic heterocycles. The van der Waals surface area contributed by atoms with Gasteiger partial charge in [-0.1, -0.05) is 57.4 Å². The van der Waals surface area contributed by atoms with Gasteiger partial charge in [-0.3, -0.25) is 29.5 Å². The molecule has 1 aromatic heterocycles. The molecule has 0 radical (unpaired) electrons. The number of rotatable bonds is 22. The topological polar surface area (TPSA) is 149 Å². The average molecular weight is 892 g/mol. The van der Waals surface area contributed by atoms with Crippen LogP contribution in [-0.4, -0.2) is 94.5 Å². The summed E-state index contributed by atoms with van der Waals surface area (Å²) in [6.45, 7) is 19.3. The fourth-order valence-electron chi connectivity index (χ4n) is 10.4. The Kier molecular flexibility index (Phi) is 16.6. The molecule has 7 rings (SSSR count). The van der Waals surface area contributed by atoms with Crippen LogP contribution in [0.25, 0.3) is 0 Å². The zero-order valence-corrected chi connectivity index (χ0v) is 40.1. The van der Waals surface area contributed by atoms with Crippen LogP contribution in [0.5, 0.6) is 0 Å². The van der Waals surface area contributed by atoms with Gasteiger partial charge in [0.25, 0.3) is 0 Å². The number of aryl methyl sites for hydroxylation is 1. The molecule has 0 spiro atoms. The number of carbonyl (C=O) groups is 3. The highest BCUT2D eigenvalue weighted by molar-refractivity contribution is 6.00. The Hall–Kier alpha value is -4.59. The minimum absolute atomic E-state index is 0.0165. The first kappa shape index (κ1) is 48.3. The van der Waals surface area contributed by atoms with Crippen LogP contribution in [-0.2, 0) is 38.8 Å². The minimum atomic E-state index is -0.323. The predicted octanol–water partition coefficient (Wildman–Crippen LogP) is 8.53. The lowest BCUT2D eigenvalue weighted by atomic mass is 9.84. The second-order valence-electron chi connectivity index (χ2n) is 20.7. The maximum Gasteiger partial charge on any atom is 0.243 e. The maximum absolute atomic E-state index is 13.1. The summed E-state index contributed by atoms with van der Waals surface area (Å²) in [5, 5.41) is 5.63. The van der Waals surface area contributed by atoms with Crippen LogP contribution in [0.4, 0.5) is 23.1 Å². The summed E-state index contributed by atoms with van der Waals surface area (Å²) in [6, 6.07) is 17.5. The van der Waals surface area contributed by atoms with E-state index in [1.165, 1.54) is 43.4 Å². The third kappa shape index (κ3) is 14.0. The summed E-state index contributed by atoms with van der Waals surface area (Å²) in [4.78, 5) is 55.9. The largest absolute Gasteiger partial charge is 0.376 e. The quantitative estimate of drug-likeness (QED) is 0.0659. The van der Waals surface area contributed by atoms with Crippen molar-refractivity contribution in [3.63, 3.8) is 0 Å². The molecular weight excluding hydrogens is 815 g/mol. The molecule has 3 saturated heterocycles. The standard InChI is InChI=1S/C52H77N9O4/c1-38-33-46(56-50(53)54-38)59-30-22-41(23-31-59)60(35-39-15-12-17-42(34-39)58-27-10-11-28-58)29-9-7-6-8-25-52(4,5)65-32-26-51(2,3)24-14-19-47(62)55-44-18-13-16-40-36-61(37-43(40)44)45-20-21-48(63)57-49(45)64/h12-13,15-18,33-34,41,45H,6-11,14,19-32,35-37H2,1-5H3,(H,55,62)(H2,53,54,56)(H,57,63,64). The van der Waals surface area contributed by atoms with Crippen molar-refractivity contribution in [2.24, 2.45) is 5.41 Å². The zero-order chi connectivity index (χ0) is 46.0. The van der Waals surface area contributed by atoms with E-state index in [-0.39, 0.29) is 34.8 Å². The normalized spacial score (nSPS) is 18.7. The molecule has 1 unspecified atom stereocenters. The number of benzene rings is 2. The number of fused-ring (bicyclic) bond motifs is 1. The Bertz CT molecular complexity index is 2060. The lowest BCUT2D eigenvalue weighted by Crippen LogP contribution is -2.50. The van der Waals surface area contributed by atoms with Gasteiger partial charge in [-0.25, -0.2) is 4.98 Å². The molecule has 0 aliphatic carbocycles. The molecule has 65 heavy (non-hydrogen) atoms. The number of aromatic nitrogens is 2. The van der Waals surface area contributed by atoms with Gasteiger partial charge >= 0.3 is 0 Å². The predicted molar refractivity (Wildman–Crippen MR) is 261 cm³/mol. The fraction of sp³-hybridized carbons (Fsp3) is 0.635. The van der Waals surface area contributed by atoms with E-state index < -0.39 is 0 Å². The number of ether oxygens (including phenoxy) is 1. The number of imide groups is 1. The van der Waals surface area contributed by atoms with Crippen LogP contribution in [0.3, 0.4) is 0 Å². The number of nitrogen functional groups attached to an aromatic ring is 1. The zero-order valence-electron chi connectivity index (χ0n) is 40.1. The molecule has 0 bridgehead atoms. The number of nitrogens with zero attached hydrogens (tertiary/aromatic N) is 6. The van der Waals surface area contributed by atoms with Crippen molar-refractivity contribution < 1.29 is 19.1 Å². The van der Waals surface area contributed by atoms with E-state index in [4.69, 9.17) is 10.5 Å². The Morgan fingerprint density at radius 3 is 2.42 bits per heavy atom. The smallest absolute Gasteiger partial charge is 0.243 e. The SMILES string of the molecule is Cc1cc(N2CCC(N(CCCCCCC(C)(C)OCCC(C)(C)CCCC(=O)Nc3cccc4c3CN(C3CCC(=O)NC3=O)C4)Cc3cccc(N4CCCC4)c3)CC2)nc(N)n1. The number of nitrogens with one attached hydrogen (secondary N) is 2. The molecule has 3 amide bonds. The van der Waals surface area contributed by atoms with Crippen LogP contribution in [0.15, 0.2) is 48.5 Å². The first-order valence-electron chi connectivity index (χ1n) is 24.8. The number of anilines is 4. The number of unbranched alkanes of at least 4 members (excludes halogenated alkanes) is 3. The van der Waals surface area contributed by atoms with Gasteiger partial charge in [-0.15, -0.1) is 0 Å². The number of hydrogen-bond acceptors (Lipinski definition) is 11.